The number of halogens is 2. The number of benzene rings is 1. The van der Waals surface area contributed by atoms with Crippen LogP contribution < -0.4 is 5.32 Å². The van der Waals surface area contributed by atoms with Gasteiger partial charge in [-0.05, 0) is 31.9 Å². The van der Waals surface area contributed by atoms with Crippen LogP contribution >= 0.6 is 11.6 Å². The van der Waals surface area contributed by atoms with Gasteiger partial charge in [0.25, 0.3) is 0 Å². The summed E-state index contributed by atoms with van der Waals surface area (Å²) in [4.78, 5) is 0. The topological polar surface area (TPSA) is 12.0 Å². The third-order valence-electron chi connectivity index (χ3n) is 2.72. The van der Waals surface area contributed by atoms with Crippen molar-refractivity contribution >= 4 is 11.6 Å². The third kappa shape index (κ3) is 1.77. The van der Waals surface area contributed by atoms with Crippen LogP contribution in [0.3, 0.4) is 0 Å². The molecule has 1 aliphatic rings. The summed E-state index contributed by atoms with van der Waals surface area (Å²) in [7, 11) is 1.86. The molecule has 1 N–H and O–H groups in total. The number of rotatable bonds is 3. The highest BCUT2D eigenvalue weighted by Crippen LogP contribution is 2.42. The Labute approximate surface area is 88.3 Å². The quantitative estimate of drug-likeness (QED) is 0.814. The zero-order chi connectivity index (χ0) is 10.1. The molecule has 0 saturated heterocycles. The van der Waals surface area contributed by atoms with Gasteiger partial charge < -0.3 is 5.32 Å². The summed E-state index contributed by atoms with van der Waals surface area (Å²) in [5.74, 6) is 0.299. The lowest BCUT2D eigenvalue weighted by Crippen LogP contribution is -2.19. The molecule has 76 valence electrons. The highest BCUT2D eigenvalue weighted by Gasteiger charge is 2.32. The van der Waals surface area contributed by atoms with E-state index < -0.39 is 0 Å². The van der Waals surface area contributed by atoms with E-state index in [9.17, 15) is 4.39 Å². The molecule has 3 heteroatoms. The third-order valence-corrected chi connectivity index (χ3v) is 3.01. The van der Waals surface area contributed by atoms with Gasteiger partial charge in [-0.2, -0.15) is 0 Å². The van der Waals surface area contributed by atoms with E-state index in [-0.39, 0.29) is 16.9 Å². The molecule has 1 aromatic carbocycles. The van der Waals surface area contributed by atoms with Crippen molar-refractivity contribution in [1.82, 2.24) is 5.32 Å². The molecule has 2 rings (SSSR count). The number of hydrogen-bond donors (Lipinski definition) is 1. The standard InChI is InChI=1S/C11H13ClFN/c1-14-11(7-5-6-7)8-3-2-4-9(12)10(8)13/h2-4,7,11,14H,5-6H2,1H3. The Bertz CT molecular complexity index is 336. The predicted molar refractivity (Wildman–Crippen MR) is 55.9 cm³/mol. The van der Waals surface area contributed by atoms with Crippen molar-refractivity contribution in [3.63, 3.8) is 0 Å². The van der Waals surface area contributed by atoms with Crippen LogP contribution in [0, 0.1) is 11.7 Å². The summed E-state index contributed by atoms with van der Waals surface area (Å²) in [6, 6.07) is 5.31. The molecule has 0 aliphatic heterocycles. The zero-order valence-electron chi connectivity index (χ0n) is 8.06. The van der Waals surface area contributed by atoms with Gasteiger partial charge in [-0.25, -0.2) is 4.39 Å². The Morgan fingerprint density at radius 2 is 2.21 bits per heavy atom. The van der Waals surface area contributed by atoms with E-state index in [4.69, 9.17) is 11.6 Å². The van der Waals surface area contributed by atoms with Gasteiger partial charge in [-0.15, -0.1) is 0 Å². The fraction of sp³-hybridized carbons (Fsp3) is 0.455. The summed E-state index contributed by atoms with van der Waals surface area (Å²) >= 11 is 5.74. The Morgan fingerprint density at radius 3 is 2.79 bits per heavy atom. The average Bonchev–Trinajstić information content (AvgIpc) is 2.97. The minimum absolute atomic E-state index is 0.119. The molecule has 1 nitrogen and oxygen atoms in total. The van der Waals surface area contributed by atoms with Crippen molar-refractivity contribution in [1.29, 1.82) is 0 Å². The van der Waals surface area contributed by atoms with E-state index in [1.54, 1.807) is 18.2 Å². The van der Waals surface area contributed by atoms with Gasteiger partial charge in [0, 0.05) is 11.6 Å². The van der Waals surface area contributed by atoms with E-state index >= 15 is 0 Å². The van der Waals surface area contributed by atoms with Crippen LogP contribution in [0.15, 0.2) is 18.2 Å². The van der Waals surface area contributed by atoms with E-state index in [1.165, 1.54) is 12.8 Å². The number of nitrogens with one attached hydrogen (secondary N) is 1. The maximum Gasteiger partial charge on any atom is 0.146 e. The second-order valence-corrected chi connectivity index (χ2v) is 4.15. The molecule has 0 amide bonds. The monoisotopic (exact) mass is 213 g/mol. The van der Waals surface area contributed by atoms with Crippen LogP contribution in [0.1, 0.15) is 24.4 Å². The fourth-order valence-corrected chi connectivity index (χ4v) is 2.02. The summed E-state index contributed by atoms with van der Waals surface area (Å²) < 4.78 is 13.7. The summed E-state index contributed by atoms with van der Waals surface area (Å²) in [6.07, 6.45) is 2.36. The van der Waals surface area contributed by atoms with Gasteiger partial charge >= 0.3 is 0 Å². The first-order valence-corrected chi connectivity index (χ1v) is 5.23. The molecule has 0 radical (unpaired) electrons. The SMILES string of the molecule is CNC(c1cccc(Cl)c1F)C1CC1. The zero-order valence-corrected chi connectivity index (χ0v) is 8.81. The van der Waals surface area contributed by atoms with E-state index in [2.05, 4.69) is 5.32 Å². The highest BCUT2D eigenvalue weighted by molar-refractivity contribution is 6.30. The van der Waals surface area contributed by atoms with Crippen LogP contribution in [0.5, 0.6) is 0 Å². The Kier molecular flexibility index (Phi) is 2.75. The molecular formula is C11H13ClFN. The molecule has 1 fully saturated rings. The van der Waals surface area contributed by atoms with Gasteiger partial charge in [0.05, 0.1) is 5.02 Å². The van der Waals surface area contributed by atoms with Crippen LogP contribution in [0.2, 0.25) is 5.02 Å². The van der Waals surface area contributed by atoms with Crippen LogP contribution in [-0.2, 0) is 0 Å². The molecule has 0 spiro atoms. The van der Waals surface area contributed by atoms with Gasteiger partial charge in [0.15, 0.2) is 0 Å². The van der Waals surface area contributed by atoms with E-state index in [0.29, 0.717) is 11.5 Å². The molecule has 1 aliphatic carbocycles. The Morgan fingerprint density at radius 1 is 1.50 bits per heavy atom. The van der Waals surface area contributed by atoms with Gasteiger partial charge in [-0.3, -0.25) is 0 Å². The molecule has 1 saturated carbocycles. The van der Waals surface area contributed by atoms with Crippen molar-refractivity contribution in [3.8, 4) is 0 Å². The van der Waals surface area contributed by atoms with Crippen LogP contribution in [0.25, 0.3) is 0 Å². The molecular weight excluding hydrogens is 201 g/mol. The lowest BCUT2D eigenvalue weighted by Gasteiger charge is -2.16. The van der Waals surface area contributed by atoms with Crippen molar-refractivity contribution in [3.05, 3.63) is 34.6 Å². The molecule has 0 aromatic heterocycles. The smallest absolute Gasteiger partial charge is 0.146 e. The normalized spacial score (nSPS) is 18.2. The maximum absolute atomic E-state index is 13.7. The van der Waals surface area contributed by atoms with Gasteiger partial charge in [-0.1, -0.05) is 23.7 Å². The molecule has 1 aromatic rings. The number of hydrogen-bond acceptors (Lipinski definition) is 1. The van der Waals surface area contributed by atoms with Crippen molar-refractivity contribution in [2.24, 2.45) is 5.92 Å². The first-order chi connectivity index (χ1) is 6.74. The predicted octanol–water partition coefficient (Wildman–Crippen LogP) is 3.15. The minimum atomic E-state index is -0.277. The molecule has 1 atom stereocenters. The first-order valence-electron chi connectivity index (χ1n) is 4.85. The summed E-state index contributed by atoms with van der Waals surface area (Å²) in [5, 5.41) is 3.36. The van der Waals surface area contributed by atoms with Crippen molar-refractivity contribution in [2.45, 2.75) is 18.9 Å². The average molecular weight is 214 g/mol. The van der Waals surface area contributed by atoms with E-state index in [0.717, 1.165) is 0 Å². The van der Waals surface area contributed by atoms with Crippen LogP contribution in [-0.4, -0.2) is 7.05 Å². The second-order valence-electron chi connectivity index (χ2n) is 3.75. The van der Waals surface area contributed by atoms with Crippen molar-refractivity contribution < 1.29 is 4.39 Å². The molecule has 0 bridgehead atoms. The van der Waals surface area contributed by atoms with Crippen LogP contribution in [0.4, 0.5) is 4.39 Å². The lowest BCUT2D eigenvalue weighted by atomic mass is 10.0. The van der Waals surface area contributed by atoms with Crippen molar-refractivity contribution in [2.75, 3.05) is 7.05 Å². The first kappa shape index (κ1) is 9.94. The maximum atomic E-state index is 13.7. The molecule has 1 unspecified atom stereocenters. The van der Waals surface area contributed by atoms with Gasteiger partial charge in [0.2, 0.25) is 0 Å². The summed E-state index contributed by atoms with van der Waals surface area (Å²) in [5.41, 5.74) is 0.697. The fourth-order valence-electron chi connectivity index (χ4n) is 1.84. The molecule has 14 heavy (non-hydrogen) atoms. The second kappa shape index (κ2) is 3.87. The Hall–Kier alpha value is -0.600. The Balaban J connectivity index is 2.33. The van der Waals surface area contributed by atoms with E-state index in [1.807, 2.05) is 7.05 Å². The summed E-state index contributed by atoms with van der Waals surface area (Å²) in [6.45, 7) is 0. The highest BCUT2D eigenvalue weighted by atomic mass is 35.5. The van der Waals surface area contributed by atoms with Gasteiger partial charge in [0.1, 0.15) is 5.82 Å². The largest absolute Gasteiger partial charge is 0.313 e. The minimum Gasteiger partial charge on any atom is -0.313 e. The lowest BCUT2D eigenvalue weighted by molar-refractivity contribution is 0.493. The molecule has 0 heterocycles.